The summed E-state index contributed by atoms with van der Waals surface area (Å²) in [5.74, 6) is 1.96. The maximum absolute atomic E-state index is 13.5. The molecule has 2 aromatic carbocycles. The first kappa shape index (κ1) is 20.4. The fourth-order valence-corrected chi connectivity index (χ4v) is 4.06. The van der Waals surface area contributed by atoms with Crippen LogP contribution in [0.1, 0.15) is 31.1 Å². The third-order valence-corrected chi connectivity index (χ3v) is 5.69. The lowest BCUT2D eigenvalue weighted by Gasteiger charge is -2.30. The number of hydrogen-bond acceptors (Lipinski definition) is 7. The summed E-state index contributed by atoms with van der Waals surface area (Å²) in [6.45, 7) is 2.49. The van der Waals surface area contributed by atoms with Crippen molar-refractivity contribution in [3.05, 3.63) is 54.2 Å². The van der Waals surface area contributed by atoms with Crippen LogP contribution >= 0.6 is 0 Å². The average molecular weight is 438 g/mol. The van der Waals surface area contributed by atoms with Gasteiger partial charge in [0.2, 0.25) is 24.4 Å². The lowest BCUT2D eigenvalue weighted by Crippen LogP contribution is -2.36. The molecule has 166 valence electrons. The molecule has 1 aromatic heterocycles. The van der Waals surface area contributed by atoms with E-state index in [1.165, 1.54) is 12.1 Å². The number of nitrogens with zero attached hydrogens (tertiary/aromatic N) is 3. The van der Waals surface area contributed by atoms with Gasteiger partial charge in [0, 0.05) is 36.8 Å². The highest BCUT2D eigenvalue weighted by Gasteiger charge is 2.26. The Bertz CT molecular complexity index is 1120. The van der Waals surface area contributed by atoms with E-state index < -0.39 is 0 Å². The summed E-state index contributed by atoms with van der Waals surface area (Å²) in [6, 6.07) is 11.5. The smallest absolute Gasteiger partial charge is 0.231 e. The summed E-state index contributed by atoms with van der Waals surface area (Å²) < 4.78 is 29.6. The highest BCUT2D eigenvalue weighted by molar-refractivity contribution is 5.91. The molecule has 2 aliphatic rings. The van der Waals surface area contributed by atoms with Gasteiger partial charge in [-0.1, -0.05) is 17.3 Å². The molecule has 0 saturated carbocycles. The number of halogens is 1. The first-order valence-electron chi connectivity index (χ1n) is 10.7. The summed E-state index contributed by atoms with van der Waals surface area (Å²) >= 11 is 0. The fourth-order valence-electron chi connectivity index (χ4n) is 4.06. The minimum atomic E-state index is -0.336. The molecule has 0 spiro atoms. The fraction of sp³-hybridized carbons (Fsp3) is 0.348. The molecular formula is C23H23FN4O4. The molecule has 3 aromatic rings. The van der Waals surface area contributed by atoms with Gasteiger partial charge in [0.25, 0.3) is 0 Å². The molecule has 0 aliphatic carbocycles. The zero-order valence-corrected chi connectivity index (χ0v) is 17.4. The molecule has 8 nitrogen and oxygen atoms in total. The second-order valence-electron chi connectivity index (χ2n) is 7.97. The van der Waals surface area contributed by atoms with Gasteiger partial charge in [0.1, 0.15) is 5.82 Å². The van der Waals surface area contributed by atoms with Crippen molar-refractivity contribution in [2.75, 3.05) is 31.7 Å². The van der Waals surface area contributed by atoms with Crippen LogP contribution in [0.25, 0.3) is 11.4 Å². The molecule has 1 N–H and O–H groups in total. The molecule has 1 fully saturated rings. The van der Waals surface area contributed by atoms with Crippen LogP contribution in [0.5, 0.6) is 11.5 Å². The number of hydrogen-bond donors (Lipinski definition) is 1. The number of rotatable bonds is 6. The summed E-state index contributed by atoms with van der Waals surface area (Å²) in [5, 5.41) is 6.93. The summed E-state index contributed by atoms with van der Waals surface area (Å²) in [7, 11) is 0. The van der Waals surface area contributed by atoms with Crippen molar-refractivity contribution in [2.45, 2.75) is 25.2 Å². The number of fused-ring (bicyclic) bond motifs is 1. The van der Waals surface area contributed by atoms with Crippen LogP contribution in [-0.2, 0) is 4.79 Å². The van der Waals surface area contributed by atoms with Crippen LogP contribution in [0, 0.1) is 5.82 Å². The van der Waals surface area contributed by atoms with Gasteiger partial charge in [-0.15, -0.1) is 0 Å². The van der Waals surface area contributed by atoms with Crippen molar-refractivity contribution in [3.8, 4) is 22.9 Å². The van der Waals surface area contributed by atoms with Gasteiger partial charge in [-0.2, -0.15) is 4.98 Å². The van der Waals surface area contributed by atoms with Crippen LogP contribution in [-0.4, -0.2) is 47.4 Å². The molecule has 1 atom stereocenters. The molecule has 3 heterocycles. The first-order chi connectivity index (χ1) is 15.6. The molecule has 1 unspecified atom stereocenters. The van der Waals surface area contributed by atoms with Crippen molar-refractivity contribution in [2.24, 2.45) is 0 Å². The van der Waals surface area contributed by atoms with Crippen LogP contribution in [0.15, 0.2) is 47.0 Å². The van der Waals surface area contributed by atoms with E-state index in [-0.39, 0.29) is 24.4 Å². The molecule has 0 radical (unpaired) electrons. The number of aromatic nitrogens is 2. The van der Waals surface area contributed by atoms with Gasteiger partial charge in [-0.25, -0.2) is 4.39 Å². The van der Waals surface area contributed by atoms with Crippen LogP contribution < -0.4 is 14.8 Å². The quantitative estimate of drug-likeness (QED) is 0.626. The van der Waals surface area contributed by atoms with Crippen molar-refractivity contribution >= 4 is 11.6 Å². The Morgan fingerprint density at radius 3 is 3.00 bits per heavy atom. The van der Waals surface area contributed by atoms with E-state index in [0.29, 0.717) is 47.4 Å². The Morgan fingerprint density at radius 1 is 1.19 bits per heavy atom. The van der Waals surface area contributed by atoms with Crippen LogP contribution in [0.3, 0.4) is 0 Å². The minimum Gasteiger partial charge on any atom is -0.454 e. The van der Waals surface area contributed by atoms with E-state index in [2.05, 4.69) is 20.4 Å². The third-order valence-electron chi connectivity index (χ3n) is 5.69. The number of carbonyl (C=O) groups is 1. The summed E-state index contributed by atoms with van der Waals surface area (Å²) in [6.07, 6.45) is 2.29. The number of carbonyl (C=O) groups excluding carboxylic acids is 1. The molecule has 9 heteroatoms. The molecule has 0 bridgehead atoms. The van der Waals surface area contributed by atoms with E-state index in [1.807, 2.05) is 0 Å². The van der Waals surface area contributed by atoms with E-state index in [0.717, 1.165) is 25.9 Å². The van der Waals surface area contributed by atoms with Gasteiger partial charge in [0.15, 0.2) is 11.5 Å². The molecular weight excluding hydrogens is 415 g/mol. The maximum Gasteiger partial charge on any atom is 0.231 e. The predicted molar refractivity (Wildman–Crippen MR) is 114 cm³/mol. The predicted octanol–water partition coefficient (Wildman–Crippen LogP) is 3.81. The van der Waals surface area contributed by atoms with Crippen molar-refractivity contribution in [1.29, 1.82) is 0 Å². The monoisotopic (exact) mass is 438 g/mol. The molecule has 1 amide bonds. The maximum atomic E-state index is 13.5. The molecule has 1 saturated heterocycles. The van der Waals surface area contributed by atoms with Gasteiger partial charge in [0.05, 0.1) is 5.92 Å². The number of likely N-dealkylation sites (tertiary alicyclic amines) is 1. The minimum absolute atomic E-state index is 0.0582. The highest BCUT2D eigenvalue weighted by atomic mass is 19.1. The number of benzene rings is 2. The Morgan fingerprint density at radius 2 is 2.09 bits per heavy atom. The summed E-state index contributed by atoms with van der Waals surface area (Å²) in [5.41, 5.74) is 1.28. The lowest BCUT2D eigenvalue weighted by molar-refractivity contribution is -0.116. The average Bonchev–Trinajstić information content (AvgIpc) is 3.47. The van der Waals surface area contributed by atoms with Crippen LogP contribution in [0.4, 0.5) is 10.1 Å². The zero-order valence-electron chi connectivity index (χ0n) is 17.4. The topological polar surface area (TPSA) is 89.7 Å². The third kappa shape index (κ3) is 4.57. The van der Waals surface area contributed by atoms with E-state index in [9.17, 15) is 9.18 Å². The first-order valence-corrected chi connectivity index (χ1v) is 10.7. The Labute approximate surface area is 184 Å². The van der Waals surface area contributed by atoms with E-state index >= 15 is 0 Å². The van der Waals surface area contributed by atoms with Gasteiger partial charge in [-0.3, -0.25) is 4.79 Å². The highest BCUT2D eigenvalue weighted by Crippen LogP contribution is 2.34. The number of ether oxygens (including phenoxy) is 2. The Balaban J connectivity index is 1.15. The molecule has 2 aliphatic heterocycles. The summed E-state index contributed by atoms with van der Waals surface area (Å²) in [4.78, 5) is 19.1. The SMILES string of the molecule is O=C(CCN1CCCC(c2nc(-c3cccc(F)c3)no2)C1)Nc1ccc2c(c1)OCO2. The van der Waals surface area contributed by atoms with E-state index in [1.54, 1.807) is 30.3 Å². The van der Waals surface area contributed by atoms with Crippen molar-refractivity contribution in [3.63, 3.8) is 0 Å². The van der Waals surface area contributed by atoms with Crippen molar-refractivity contribution in [1.82, 2.24) is 15.0 Å². The number of nitrogens with one attached hydrogen (secondary N) is 1. The zero-order chi connectivity index (χ0) is 21.9. The molecule has 5 rings (SSSR count). The second-order valence-corrected chi connectivity index (χ2v) is 7.97. The van der Waals surface area contributed by atoms with E-state index in [4.69, 9.17) is 14.0 Å². The Hall–Kier alpha value is -3.46. The largest absolute Gasteiger partial charge is 0.454 e. The standard InChI is InChI=1S/C23H23FN4O4/c24-17-5-1-3-15(11-17)22-26-23(32-27-22)16-4-2-9-28(13-16)10-8-21(29)25-18-6-7-19-20(12-18)31-14-30-19/h1,3,5-7,11-12,16H,2,4,8-10,13-14H2,(H,25,29). The van der Waals surface area contributed by atoms with Crippen molar-refractivity contribution < 1.29 is 23.2 Å². The van der Waals surface area contributed by atoms with Gasteiger partial charge in [-0.05, 0) is 43.7 Å². The van der Waals surface area contributed by atoms with Crippen LogP contribution in [0.2, 0.25) is 0 Å². The molecule has 32 heavy (non-hydrogen) atoms. The number of anilines is 1. The van der Waals surface area contributed by atoms with Gasteiger partial charge >= 0.3 is 0 Å². The Kier molecular flexibility index (Phi) is 5.72. The lowest BCUT2D eigenvalue weighted by atomic mass is 9.98. The number of amides is 1. The number of piperidine rings is 1. The normalized spacial score (nSPS) is 18.0. The second kappa shape index (κ2) is 8.96. The van der Waals surface area contributed by atoms with Gasteiger partial charge < -0.3 is 24.2 Å².